The molecule has 0 spiro atoms. The quantitative estimate of drug-likeness (QED) is 0.303. The highest BCUT2D eigenvalue weighted by atomic mass is 35.5. The van der Waals surface area contributed by atoms with E-state index in [9.17, 15) is 9.59 Å². The van der Waals surface area contributed by atoms with Gasteiger partial charge in [0.05, 0.1) is 0 Å². The van der Waals surface area contributed by atoms with Crippen LogP contribution >= 0.6 is 34.5 Å². The largest absolute Gasteiger partial charge is 0.348 e. The molecule has 2 N–H and O–H groups in total. The van der Waals surface area contributed by atoms with Gasteiger partial charge in [-0.2, -0.15) is 11.3 Å². The van der Waals surface area contributed by atoms with Crippen molar-refractivity contribution in [2.24, 2.45) is 0 Å². The number of hydrogen-bond acceptors (Lipinski definition) is 3. The van der Waals surface area contributed by atoms with Gasteiger partial charge >= 0.3 is 0 Å². The summed E-state index contributed by atoms with van der Waals surface area (Å²) in [6.07, 6.45) is 1.59. The van der Waals surface area contributed by atoms with Crippen molar-refractivity contribution < 1.29 is 9.59 Å². The van der Waals surface area contributed by atoms with Gasteiger partial charge in [0, 0.05) is 23.1 Å². The van der Waals surface area contributed by atoms with Crippen molar-refractivity contribution in [3.63, 3.8) is 0 Å². The second kappa shape index (κ2) is 10.3. The zero-order valence-electron chi connectivity index (χ0n) is 15.3. The molecule has 3 rings (SSSR count). The molecule has 2 aromatic carbocycles. The van der Waals surface area contributed by atoms with Gasteiger partial charge < -0.3 is 10.6 Å². The molecule has 1 heterocycles. The Balaban J connectivity index is 1.69. The summed E-state index contributed by atoms with van der Waals surface area (Å²) in [4.78, 5) is 25.5. The van der Waals surface area contributed by atoms with Crippen LogP contribution in [0.3, 0.4) is 0 Å². The van der Waals surface area contributed by atoms with Crippen molar-refractivity contribution in [3.8, 4) is 0 Å². The van der Waals surface area contributed by atoms with Crippen LogP contribution < -0.4 is 10.6 Å². The first kappa shape index (κ1) is 21.1. The highest BCUT2D eigenvalue weighted by Gasteiger charge is 2.18. The number of benzene rings is 2. The van der Waals surface area contributed by atoms with Crippen molar-refractivity contribution in [3.05, 3.63) is 97.7 Å². The third kappa shape index (κ3) is 6.46. The Hall–Kier alpha value is -2.60. The molecule has 0 saturated heterocycles. The van der Waals surface area contributed by atoms with Crippen LogP contribution in [0.25, 0.3) is 6.08 Å². The molecule has 0 unspecified atom stereocenters. The summed E-state index contributed by atoms with van der Waals surface area (Å²) in [5.41, 5.74) is 2.62. The van der Waals surface area contributed by atoms with E-state index < -0.39 is 11.8 Å². The zero-order chi connectivity index (χ0) is 20.6. The molecule has 1 aromatic heterocycles. The maximum Gasteiger partial charge on any atom is 0.257 e. The monoisotopic (exact) mass is 444 g/mol. The van der Waals surface area contributed by atoms with Crippen molar-refractivity contribution in [2.45, 2.75) is 13.1 Å². The molecular formula is C22H18Cl2N2O2S. The molecule has 2 amide bonds. The molecule has 7 heteroatoms. The van der Waals surface area contributed by atoms with Crippen LogP contribution in [0.2, 0.25) is 10.0 Å². The lowest BCUT2D eigenvalue weighted by Crippen LogP contribution is -2.34. The van der Waals surface area contributed by atoms with E-state index in [2.05, 4.69) is 10.6 Å². The highest BCUT2D eigenvalue weighted by Crippen LogP contribution is 2.14. The normalized spacial score (nSPS) is 10.3. The zero-order valence-corrected chi connectivity index (χ0v) is 17.7. The van der Waals surface area contributed by atoms with Crippen molar-refractivity contribution in [1.82, 2.24) is 10.6 Å². The van der Waals surface area contributed by atoms with E-state index in [0.717, 1.165) is 16.7 Å². The van der Waals surface area contributed by atoms with Gasteiger partial charge in [-0.1, -0.05) is 47.5 Å². The minimum absolute atomic E-state index is 0.0475. The minimum atomic E-state index is -0.445. The highest BCUT2D eigenvalue weighted by molar-refractivity contribution is 7.08. The number of rotatable bonds is 7. The van der Waals surface area contributed by atoms with Crippen LogP contribution in [-0.4, -0.2) is 11.8 Å². The van der Waals surface area contributed by atoms with Crippen molar-refractivity contribution in [1.29, 1.82) is 0 Å². The lowest BCUT2D eigenvalue weighted by Gasteiger charge is -2.10. The predicted molar refractivity (Wildman–Crippen MR) is 119 cm³/mol. The fourth-order valence-electron chi connectivity index (χ4n) is 2.52. The fourth-order valence-corrected chi connectivity index (χ4v) is 3.39. The van der Waals surface area contributed by atoms with Gasteiger partial charge in [-0.05, 0) is 63.9 Å². The van der Waals surface area contributed by atoms with Gasteiger partial charge in [-0.3, -0.25) is 9.59 Å². The second-order valence-corrected chi connectivity index (χ2v) is 7.89. The molecule has 0 atom stereocenters. The standard InChI is InChI=1S/C22H18Cl2N2O2S/c23-18-5-1-15(2-6-18)12-25-21(27)20(11-17-9-10-29-14-17)22(28)26-13-16-3-7-19(24)8-4-16/h1-11,14H,12-13H2,(H,25,27)(H,26,28). The van der Waals surface area contributed by atoms with E-state index in [4.69, 9.17) is 23.2 Å². The van der Waals surface area contributed by atoms with E-state index in [1.165, 1.54) is 11.3 Å². The third-order valence-corrected chi connectivity index (χ3v) is 5.28. The molecule has 0 fully saturated rings. The average Bonchev–Trinajstić information content (AvgIpc) is 3.24. The summed E-state index contributed by atoms with van der Waals surface area (Å²) in [6.45, 7) is 0.586. The molecule has 0 aliphatic carbocycles. The molecular weight excluding hydrogens is 427 g/mol. The van der Waals surface area contributed by atoms with Crippen LogP contribution in [0.1, 0.15) is 16.7 Å². The van der Waals surface area contributed by atoms with E-state index in [1.54, 1.807) is 30.3 Å². The summed E-state index contributed by atoms with van der Waals surface area (Å²) in [7, 11) is 0. The van der Waals surface area contributed by atoms with Crippen LogP contribution in [0.15, 0.2) is 70.9 Å². The number of thiophene rings is 1. The van der Waals surface area contributed by atoms with Gasteiger partial charge in [0.1, 0.15) is 5.57 Å². The number of nitrogens with one attached hydrogen (secondary N) is 2. The van der Waals surface area contributed by atoms with Crippen LogP contribution in [0.4, 0.5) is 0 Å². The molecule has 0 bridgehead atoms. The van der Waals surface area contributed by atoms with E-state index in [-0.39, 0.29) is 5.57 Å². The van der Waals surface area contributed by atoms with Crippen molar-refractivity contribution >= 4 is 52.4 Å². The average molecular weight is 445 g/mol. The van der Waals surface area contributed by atoms with E-state index in [1.807, 2.05) is 41.1 Å². The van der Waals surface area contributed by atoms with Gasteiger partial charge in [0.2, 0.25) is 0 Å². The third-order valence-electron chi connectivity index (χ3n) is 4.08. The Morgan fingerprint density at radius 3 is 1.69 bits per heavy atom. The summed E-state index contributed by atoms with van der Waals surface area (Å²) in [5.74, 6) is -0.889. The summed E-state index contributed by atoms with van der Waals surface area (Å²) in [5, 5.41) is 10.6. The molecule has 0 radical (unpaired) electrons. The molecule has 3 aromatic rings. The SMILES string of the molecule is O=C(NCc1ccc(Cl)cc1)C(=Cc1ccsc1)C(=O)NCc1ccc(Cl)cc1. The summed E-state index contributed by atoms with van der Waals surface area (Å²) in [6, 6.07) is 16.2. The molecule has 29 heavy (non-hydrogen) atoms. The smallest absolute Gasteiger partial charge is 0.257 e. The Kier molecular flexibility index (Phi) is 7.47. The molecule has 148 valence electrons. The maximum absolute atomic E-state index is 12.7. The van der Waals surface area contributed by atoms with Crippen LogP contribution in [0, 0.1) is 0 Å². The van der Waals surface area contributed by atoms with Gasteiger partial charge in [0.15, 0.2) is 0 Å². The Bertz CT molecular complexity index is 935. The number of carbonyl (C=O) groups excluding carboxylic acids is 2. The van der Waals surface area contributed by atoms with Gasteiger partial charge in [-0.25, -0.2) is 0 Å². The first-order chi connectivity index (χ1) is 14.0. The van der Waals surface area contributed by atoms with Crippen molar-refractivity contribution in [2.75, 3.05) is 0 Å². The fraction of sp³-hybridized carbons (Fsp3) is 0.0909. The topological polar surface area (TPSA) is 58.2 Å². The minimum Gasteiger partial charge on any atom is -0.348 e. The molecule has 4 nitrogen and oxygen atoms in total. The Morgan fingerprint density at radius 1 is 0.793 bits per heavy atom. The van der Waals surface area contributed by atoms with Gasteiger partial charge in [0.25, 0.3) is 11.8 Å². The first-order valence-corrected chi connectivity index (χ1v) is 10.5. The summed E-state index contributed by atoms with van der Waals surface area (Å²) < 4.78 is 0. The number of halogens is 2. The summed E-state index contributed by atoms with van der Waals surface area (Å²) >= 11 is 13.3. The number of hydrogen-bond donors (Lipinski definition) is 2. The van der Waals surface area contributed by atoms with Crippen LogP contribution in [0.5, 0.6) is 0 Å². The molecule has 0 aliphatic heterocycles. The van der Waals surface area contributed by atoms with Crippen LogP contribution in [-0.2, 0) is 22.7 Å². The Morgan fingerprint density at radius 2 is 1.28 bits per heavy atom. The number of carbonyl (C=O) groups is 2. The lowest BCUT2D eigenvalue weighted by atomic mass is 10.1. The van der Waals surface area contributed by atoms with E-state index in [0.29, 0.717) is 23.1 Å². The van der Waals surface area contributed by atoms with E-state index >= 15 is 0 Å². The number of amides is 2. The van der Waals surface area contributed by atoms with Gasteiger partial charge in [-0.15, -0.1) is 0 Å². The molecule has 0 saturated carbocycles. The second-order valence-electron chi connectivity index (χ2n) is 6.23. The lowest BCUT2D eigenvalue weighted by molar-refractivity contribution is -0.123. The Labute approximate surface area is 183 Å². The predicted octanol–water partition coefficient (Wildman–Crippen LogP) is 5.07. The molecule has 0 aliphatic rings. The maximum atomic E-state index is 12.7. The first-order valence-electron chi connectivity index (χ1n) is 8.80.